The average molecular weight is 933 g/mol. The van der Waals surface area contributed by atoms with Gasteiger partial charge in [0.2, 0.25) is 0 Å². The minimum Gasteiger partial charge on any atom is -0.309 e. The number of imidazole rings is 1. The van der Waals surface area contributed by atoms with E-state index in [0.29, 0.717) is 11.0 Å². The molecule has 2 aliphatic heterocycles. The fourth-order valence-corrected chi connectivity index (χ4v) is 13.1. The summed E-state index contributed by atoms with van der Waals surface area (Å²) in [4.78, 5) is 25.6. The molecule has 0 bridgehead atoms. The molecular weight excluding hydrogens is 889 g/mol. The standard InChI is InChI=1S/C68H44N4O/c73-66-50-42-44-62(71-58-38-20-15-33-53(58)68(47-27-9-3-10-28-47,48-29-11-4-12-30-48)54-34-16-21-39-59(54)71)64-61(43-41-49(63(50)64)65-69-55-35-17-22-40-60(55)72(65)66)70-56-36-18-13-31-51(56)67(45-23-5-1-6-24-45,46-25-7-2-8-26-46)52-32-14-19-37-57(52)70/h1-44H. The average Bonchev–Trinajstić information content (AvgIpc) is 3.87. The van der Waals surface area contributed by atoms with Crippen LogP contribution < -0.4 is 15.4 Å². The number of aromatic nitrogens is 2. The third-order valence-corrected chi connectivity index (χ3v) is 15.9. The molecule has 342 valence electrons. The number of para-hydroxylation sites is 6. The van der Waals surface area contributed by atoms with Gasteiger partial charge in [-0.1, -0.05) is 206 Å². The van der Waals surface area contributed by atoms with Crippen LogP contribution in [0.5, 0.6) is 0 Å². The first-order valence-corrected chi connectivity index (χ1v) is 25.0. The summed E-state index contributed by atoms with van der Waals surface area (Å²) in [6.07, 6.45) is 0. The minimum absolute atomic E-state index is 0.0943. The molecular formula is C68H44N4O. The first kappa shape index (κ1) is 41.2. The van der Waals surface area contributed by atoms with E-state index in [2.05, 4.69) is 252 Å². The Morgan fingerprint density at radius 1 is 0.301 bits per heavy atom. The van der Waals surface area contributed by atoms with Crippen LogP contribution >= 0.6 is 0 Å². The van der Waals surface area contributed by atoms with Gasteiger partial charge in [-0.15, -0.1) is 0 Å². The Bertz CT molecular complexity index is 4000. The molecule has 0 unspecified atom stereocenters. The topological polar surface area (TPSA) is 40.9 Å². The number of benzene rings is 11. The zero-order valence-corrected chi connectivity index (χ0v) is 39.6. The summed E-state index contributed by atoms with van der Waals surface area (Å²) < 4.78 is 1.81. The van der Waals surface area contributed by atoms with Crippen LogP contribution in [0.3, 0.4) is 0 Å². The van der Waals surface area contributed by atoms with Gasteiger partial charge in [-0.05, 0) is 105 Å². The zero-order valence-electron chi connectivity index (χ0n) is 39.6. The van der Waals surface area contributed by atoms with Crippen molar-refractivity contribution in [3.8, 4) is 0 Å². The van der Waals surface area contributed by atoms with Crippen molar-refractivity contribution in [1.29, 1.82) is 0 Å². The Kier molecular flexibility index (Phi) is 8.87. The summed E-state index contributed by atoms with van der Waals surface area (Å²) in [5.74, 6) is 0. The van der Waals surface area contributed by atoms with Gasteiger partial charge in [-0.2, -0.15) is 0 Å². The summed E-state index contributed by atoms with van der Waals surface area (Å²) in [6.45, 7) is 0. The van der Waals surface area contributed by atoms with Crippen LogP contribution in [0.25, 0.3) is 38.2 Å². The van der Waals surface area contributed by atoms with Crippen LogP contribution in [0.2, 0.25) is 0 Å². The molecule has 2 aromatic heterocycles. The van der Waals surface area contributed by atoms with E-state index in [1.54, 1.807) is 0 Å². The van der Waals surface area contributed by atoms with E-state index in [-0.39, 0.29) is 5.56 Å². The van der Waals surface area contributed by atoms with Gasteiger partial charge in [0.05, 0.1) is 56.0 Å². The summed E-state index contributed by atoms with van der Waals surface area (Å²) in [5.41, 5.74) is 16.3. The highest BCUT2D eigenvalue weighted by atomic mass is 16.1. The van der Waals surface area contributed by atoms with E-state index in [1.807, 2.05) is 28.7 Å². The van der Waals surface area contributed by atoms with Crippen molar-refractivity contribution < 1.29 is 0 Å². The van der Waals surface area contributed by atoms with E-state index in [4.69, 9.17) is 4.98 Å². The molecule has 0 radical (unpaired) electrons. The molecule has 2 aliphatic rings. The van der Waals surface area contributed by atoms with Gasteiger partial charge in [0.1, 0.15) is 5.65 Å². The lowest BCUT2D eigenvalue weighted by molar-refractivity contribution is 0.731. The van der Waals surface area contributed by atoms with E-state index in [1.165, 1.54) is 22.3 Å². The highest BCUT2D eigenvalue weighted by Gasteiger charge is 2.49. The van der Waals surface area contributed by atoms with Gasteiger partial charge < -0.3 is 9.80 Å². The maximum atomic E-state index is 15.4. The summed E-state index contributed by atoms with van der Waals surface area (Å²) in [5, 5.41) is 3.37. The zero-order chi connectivity index (χ0) is 48.3. The Balaban J connectivity index is 1.10. The maximum absolute atomic E-state index is 15.4. The molecule has 0 atom stereocenters. The number of rotatable bonds is 6. The molecule has 5 nitrogen and oxygen atoms in total. The Labute approximate surface area is 422 Å². The van der Waals surface area contributed by atoms with Gasteiger partial charge in [-0.3, -0.25) is 9.20 Å². The number of fused-ring (bicyclic) bond motifs is 8. The van der Waals surface area contributed by atoms with Gasteiger partial charge >= 0.3 is 0 Å². The van der Waals surface area contributed by atoms with E-state index >= 15 is 4.79 Å². The van der Waals surface area contributed by atoms with Crippen molar-refractivity contribution in [3.63, 3.8) is 0 Å². The Hall–Kier alpha value is -9.58. The van der Waals surface area contributed by atoms with Crippen molar-refractivity contribution in [1.82, 2.24) is 9.38 Å². The van der Waals surface area contributed by atoms with Gasteiger partial charge in [0.15, 0.2) is 0 Å². The van der Waals surface area contributed by atoms with E-state index in [9.17, 15) is 0 Å². The molecule has 0 aliphatic carbocycles. The highest BCUT2D eigenvalue weighted by molar-refractivity contribution is 6.25. The molecule has 0 N–H and O–H groups in total. The van der Waals surface area contributed by atoms with Crippen molar-refractivity contribution in [2.75, 3.05) is 9.80 Å². The first-order valence-electron chi connectivity index (χ1n) is 25.0. The second kappa shape index (κ2) is 15.7. The quantitative estimate of drug-likeness (QED) is 0.167. The third kappa shape index (κ3) is 5.51. The van der Waals surface area contributed by atoms with Crippen LogP contribution in [-0.2, 0) is 10.8 Å². The number of pyridine rings is 1. The number of anilines is 6. The summed E-state index contributed by atoms with van der Waals surface area (Å²) in [6, 6.07) is 96.0. The predicted molar refractivity (Wildman–Crippen MR) is 298 cm³/mol. The molecule has 0 fully saturated rings. The molecule has 13 aromatic rings. The Morgan fingerprint density at radius 3 is 1.05 bits per heavy atom. The number of hydrogen-bond acceptors (Lipinski definition) is 4. The fraction of sp³-hybridized carbons (Fsp3) is 0.0294. The molecule has 0 saturated heterocycles. The SMILES string of the molecule is O=c1c2ccc(N3c4ccccc4C(c4ccccc4)(c4ccccc4)c4ccccc43)c3c(N4c5ccccc5C(c5ccccc5)(c5ccccc5)c5ccccc54)ccc(c32)c2nc3ccccc3n12. The number of nitrogens with zero attached hydrogens (tertiary/aromatic N) is 4. The maximum Gasteiger partial charge on any atom is 0.264 e. The van der Waals surface area contributed by atoms with Gasteiger partial charge in [-0.25, -0.2) is 4.98 Å². The van der Waals surface area contributed by atoms with Crippen LogP contribution in [0.1, 0.15) is 44.5 Å². The molecule has 15 rings (SSSR count). The monoisotopic (exact) mass is 932 g/mol. The predicted octanol–water partition coefficient (Wildman–Crippen LogP) is 15.9. The molecule has 0 saturated carbocycles. The highest BCUT2D eigenvalue weighted by Crippen LogP contribution is 2.62. The molecule has 0 amide bonds. The van der Waals surface area contributed by atoms with Crippen LogP contribution in [0.4, 0.5) is 34.1 Å². The first-order chi connectivity index (χ1) is 36.2. The molecule has 4 heterocycles. The van der Waals surface area contributed by atoms with Crippen molar-refractivity contribution in [2.45, 2.75) is 10.8 Å². The summed E-state index contributed by atoms with van der Waals surface area (Å²) in [7, 11) is 0. The lowest BCUT2D eigenvalue weighted by Crippen LogP contribution is -2.38. The lowest BCUT2D eigenvalue weighted by Gasteiger charge is -2.48. The van der Waals surface area contributed by atoms with E-state index < -0.39 is 10.8 Å². The normalized spacial score (nSPS) is 14.2. The van der Waals surface area contributed by atoms with E-state index in [0.717, 1.165) is 83.6 Å². The third-order valence-electron chi connectivity index (χ3n) is 15.9. The smallest absolute Gasteiger partial charge is 0.264 e. The van der Waals surface area contributed by atoms with Gasteiger partial charge in [0, 0.05) is 21.5 Å². The Morgan fingerprint density at radius 2 is 0.644 bits per heavy atom. The fourth-order valence-electron chi connectivity index (χ4n) is 13.1. The largest absolute Gasteiger partial charge is 0.309 e. The van der Waals surface area contributed by atoms with Crippen molar-refractivity contribution >= 4 is 72.3 Å². The molecule has 0 spiro atoms. The molecule has 5 heteroatoms. The van der Waals surface area contributed by atoms with Crippen LogP contribution in [0, 0.1) is 0 Å². The second-order valence-corrected chi connectivity index (χ2v) is 19.3. The molecule has 73 heavy (non-hydrogen) atoms. The van der Waals surface area contributed by atoms with Crippen LogP contribution in [-0.4, -0.2) is 9.38 Å². The molecule has 11 aromatic carbocycles. The summed E-state index contributed by atoms with van der Waals surface area (Å²) >= 11 is 0. The lowest BCUT2D eigenvalue weighted by atomic mass is 9.62. The number of hydrogen-bond donors (Lipinski definition) is 0. The second-order valence-electron chi connectivity index (χ2n) is 19.3. The van der Waals surface area contributed by atoms with Gasteiger partial charge in [0.25, 0.3) is 5.56 Å². The van der Waals surface area contributed by atoms with Crippen molar-refractivity contribution in [2.24, 2.45) is 0 Å². The van der Waals surface area contributed by atoms with Crippen molar-refractivity contribution in [3.05, 3.63) is 322 Å². The minimum atomic E-state index is -0.662. The van der Waals surface area contributed by atoms with Crippen LogP contribution in [0.15, 0.2) is 272 Å².